The number of anilines is 1. The van der Waals surface area contributed by atoms with Crippen LogP contribution < -0.4 is 10.1 Å². The number of carbonyl (C=O) groups is 1. The van der Waals surface area contributed by atoms with Crippen molar-refractivity contribution in [1.29, 1.82) is 0 Å². The molecular weight excluding hydrogens is 542 g/mol. The molecule has 106 valence electrons. The molecule has 0 unspecified atom stereocenters. The summed E-state index contributed by atoms with van der Waals surface area (Å²) in [6.45, 7) is 0. The number of rotatable bonds is 3. The monoisotopic (exact) mass is 545 g/mol. The molecule has 2 rings (SSSR count). The summed E-state index contributed by atoms with van der Waals surface area (Å²) in [4.78, 5) is 12.8. The van der Waals surface area contributed by atoms with Crippen molar-refractivity contribution in [2.24, 2.45) is 0 Å². The second-order valence-corrected chi connectivity index (χ2v) is 8.59. The lowest BCUT2D eigenvalue weighted by Gasteiger charge is -2.10. The molecule has 0 atom stereocenters. The molecule has 0 spiro atoms. The maximum absolute atomic E-state index is 12.2. The number of methoxy groups -OCH3 is 1. The van der Waals surface area contributed by atoms with Gasteiger partial charge in [0.05, 0.1) is 25.9 Å². The lowest BCUT2D eigenvalue weighted by Crippen LogP contribution is -2.10. The summed E-state index contributed by atoms with van der Waals surface area (Å²) in [5, 5.41) is 2.85. The molecule has 20 heavy (non-hydrogen) atoms. The zero-order chi connectivity index (χ0) is 14.9. The lowest BCUT2D eigenvalue weighted by molar-refractivity contribution is 0.103. The van der Waals surface area contributed by atoms with Crippen molar-refractivity contribution in [3.63, 3.8) is 0 Å². The Morgan fingerprint density at radius 1 is 1.10 bits per heavy atom. The van der Waals surface area contributed by atoms with E-state index in [1.165, 1.54) is 11.3 Å². The van der Waals surface area contributed by atoms with Crippen LogP contribution in [0.5, 0.6) is 5.75 Å². The van der Waals surface area contributed by atoms with E-state index in [0.717, 1.165) is 17.2 Å². The summed E-state index contributed by atoms with van der Waals surface area (Å²) >= 11 is 14.9. The van der Waals surface area contributed by atoms with Gasteiger partial charge in [0, 0.05) is 15.0 Å². The van der Waals surface area contributed by atoms with Gasteiger partial charge < -0.3 is 10.1 Å². The van der Waals surface area contributed by atoms with E-state index in [2.05, 4.69) is 69.0 Å². The second-order valence-electron chi connectivity index (χ2n) is 3.65. The minimum Gasteiger partial charge on any atom is -0.495 e. The number of hydrogen-bond acceptors (Lipinski definition) is 3. The van der Waals surface area contributed by atoms with Crippen molar-refractivity contribution in [2.75, 3.05) is 12.4 Å². The number of carbonyl (C=O) groups excluding carboxylic acids is 1. The zero-order valence-electron chi connectivity index (χ0n) is 9.97. The summed E-state index contributed by atoms with van der Waals surface area (Å²) in [6.07, 6.45) is 0. The van der Waals surface area contributed by atoms with E-state index < -0.39 is 0 Å². The maximum atomic E-state index is 12.2. The van der Waals surface area contributed by atoms with Gasteiger partial charge in [0.1, 0.15) is 5.75 Å². The number of thiophene rings is 1. The largest absolute Gasteiger partial charge is 0.495 e. The molecule has 0 aliphatic carbocycles. The first kappa shape index (κ1) is 16.5. The third-order valence-electron chi connectivity index (χ3n) is 2.36. The molecule has 1 aromatic heterocycles. The van der Waals surface area contributed by atoms with Gasteiger partial charge in [0.15, 0.2) is 0 Å². The molecule has 2 aromatic rings. The Labute approximate surface area is 153 Å². The van der Waals surface area contributed by atoms with E-state index in [1.807, 2.05) is 6.07 Å². The van der Waals surface area contributed by atoms with Crippen LogP contribution >= 0.6 is 75.1 Å². The zero-order valence-corrected chi connectivity index (χ0v) is 17.1. The Kier molecular flexibility index (Phi) is 5.70. The van der Waals surface area contributed by atoms with Gasteiger partial charge in [0.25, 0.3) is 5.91 Å². The van der Waals surface area contributed by atoms with Crippen LogP contribution in [0.2, 0.25) is 0 Å². The van der Waals surface area contributed by atoms with Crippen LogP contribution in [0.4, 0.5) is 5.69 Å². The van der Waals surface area contributed by atoms with Gasteiger partial charge in [0.2, 0.25) is 0 Å². The molecule has 0 saturated carbocycles. The number of ether oxygens (including phenoxy) is 1. The highest BCUT2D eigenvalue weighted by Crippen LogP contribution is 2.36. The molecule has 1 aromatic carbocycles. The number of hydrogen-bond donors (Lipinski definition) is 1. The topological polar surface area (TPSA) is 38.3 Å². The van der Waals surface area contributed by atoms with E-state index in [1.54, 1.807) is 19.2 Å². The van der Waals surface area contributed by atoms with Crippen LogP contribution in [-0.4, -0.2) is 13.0 Å². The Bertz CT molecular complexity index is 652. The van der Waals surface area contributed by atoms with Gasteiger partial charge in [-0.25, -0.2) is 0 Å². The first-order valence-corrected chi connectivity index (χ1v) is 9.20. The predicted octanol–water partition coefficient (Wildman–Crippen LogP) is 6.06. The summed E-state index contributed by atoms with van der Waals surface area (Å²) in [5.74, 6) is 0.475. The number of halogens is 4. The minimum absolute atomic E-state index is 0.175. The summed E-state index contributed by atoms with van der Waals surface area (Å²) in [5.41, 5.74) is 0.649. The minimum atomic E-state index is -0.175. The molecule has 0 bridgehead atoms. The molecule has 0 radical (unpaired) electrons. The Morgan fingerprint density at radius 2 is 1.80 bits per heavy atom. The van der Waals surface area contributed by atoms with Gasteiger partial charge in [-0.05, 0) is 75.9 Å². The molecule has 1 N–H and O–H groups in total. The van der Waals surface area contributed by atoms with E-state index in [0.29, 0.717) is 16.3 Å². The molecule has 0 fully saturated rings. The van der Waals surface area contributed by atoms with Gasteiger partial charge in [-0.1, -0.05) is 0 Å². The quantitative estimate of drug-likeness (QED) is 0.506. The van der Waals surface area contributed by atoms with Crippen molar-refractivity contribution in [2.45, 2.75) is 0 Å². The lowest BCUT2D eigenvalue weighted by atomic mass is 10.3. The van der Waals surface area contributed by atoms with Gasteiger partial charge >= 0.3 is 0 Å². The average Bonchev–Trinajstić information content (AvgIpc) is 2.73. The molecule has 0 saturated heterocycles. The predicted molar refractivity (Wildman–Crippen MR) is 96.1 cm³/mol. The molecule has 3 nitrogen and oxygen atoms in total. The first-order chi connectivity index (χ1) is 9.42. The van der Waals surface area contributed by atoms with Crippen LogP contribution in [0.3, 0.4) is 0 Å². The van der Waals surface area contributed by atoms with E-state index >= 15 is 0 Å². The molecule has 0 aliphatic rings. The van der Waals surface area contributed by atoms with Crippen LogP contribution in [0.15, 0.2) is 35.4 Å². The molecule has 8 heteroatoms. The Balaban J connectivity index is 2.27. The number of nitrogens with one attached hydrogen (secondary N) is 1. The van der Waals surface area contributed by atoms with Crippen molar-refractivity contribution in [3.8, 4) is 5.75 Å². The molecule has 0 aliphatic heterocycles. The molecular formula is C12H7Br4NO2S. The van der Waals surface area contributed by atoms with E-state index in [9.17, 15) is 4.79 Å². The average molecular weight is 549 g/mol. The van der Waals surface area contributed by atoms with Crippen LogP contribution in [0, 0.1) is 0 Å². The molecule has 1 amide bonds. The number of benzene rings is 1. The highest BCUT2D eigenvalue weighted by Gasteiger charge is 2.15. The fraction of sp³-hybridized carbons (Fsp3) is 0.0833. The van der Waals surface area contributed by atoms with Crippen LogP contribution in [0.25, 0.3) is 0 Å². The second kappa shape index (κ2) is 6.91. The van der Waals surface area contributed by atoms with Gasteiger partial charge in [-0.2, -0.15) is 0 Å². The van der Waals surface area contributed by atoms with Crippen molar-refractivity contribution >= 4 is 86.7 Å². The first-order valence-electron chi connectivity index (χ1n) is 5.21. The SMILES string of the molecule is COc1cc(NC(=O)c2cc(Br)c(Br)s2)c(Br)cc1Br. The third kappa shape index (κ3) is 3.65. The fourth-order valence-electron chi connectivity index (χ4n) is 1.42. The standard InChI is InChI=1S/C12H7Br4NO2S/c1-19-9-4-8(5(13)2-6(9)14)17-12(18)10-3-7(15)11(16)20-10/h2-4H,1H3,(H,17,18). The van der Waals surface area contributed by atoms with Gasteiger partial charge in [-0.3, -0.25) is 4.79 Å². The van der Waals surface area contributed by atoms with Crippen LogP contribution in [-0.2, 0) is 0 Å². The van der Waals surface area contributed by atoms with Crippen molar-refractivity contribution < 1.29 is 9.53 Å². The number of amides is 1. The highest BCUT2D eigenvalue weighted by molar-refractivity contribution is 9.13. The van der Waals surface area contributed by atoms with Crippen molar-refractivity contribution in [1.82, 2.24) is 0 Å². The Hall–Kier alpha value is 0.110. The highest BCUT2D eigenvalue weighted by atomic mass is 79.9. The normalized spacial score (nSPS) is 10.4. The summed E-state index contributed by atoms with van der Waals surface area (Å²) in [6, 6.07) is 5.35. The maximum Gasteiger partial charge on any atom is 0.265 e. The van der Waals surface area contributed by atoms with Gasteiger partial charge in [-0.15, -0.1) is 11.3 Å². The van der Waals surface area contributed by atoms with E-state index in [-0.39, 0.29) is 5.91 Å². The smallest absolute Gasteiger partial charge is 0.265 e. The van der Waals surface area contributed by atoms with Crippen LogP contribution in [0.1, 0.15) is 9.67 Å². The van der Waals surface area contributed by atoms with E-state index in [4.69, 9.17) is 4.74 Å². The summed E-state index contributed by atoms with van der Waals surface area (Å²) in [7, 11) is 1.58. The fourth-order valence-corrected chi connectivity index (χ4v) is 4.61. The summed E-state index contributed by atoms with van der Waals surface area (Å²) < 4.78 is 8.55. The molecule has 1 heterocycles. The third-order valence-corrected chi connectivity index (χ3v) is 6.89. The van der Waals surface area contributed by atoms with Crippen molar-refractivity contribution in [3.05, 3.63) is 40.3 Å². The Morgan fingerprint density at radius 3 is 2.35 bits per heavy atom.